The van der Waals surface area contributed by atoms with Gasteiger partial charge < -0.3 is 10.7 Å². The van der Waals surface area contributed by atoms with Gasteiger partial charge in [-0.15, -0.1) is 24.0 Å². The summed E-state index contributed by atoms with van der Waals surface area (Å²) in [5.41, 5.74) is 6.38. The normalized spacial score (nSPS) is 9.71. The second-order valence-electron chi connectivity index (χ2n) is 2.66. The molecule has 0 bridgehead atoms. The Balaban J connectivity index is 0.000000980. The highest BCUT2D eigenvalue weighted by Crippen LogP contribution is 2.26. The van der Waals surface area contributed by atoms with Crippen LogP contribution in [0, 0.1) is 5.41 Å². The highest BCUT2D eigenvalue weighted by Gasteiger charge is 2.03. The summed E-state index contributed by atoms with van der Waals surface area (Å²) >= 11 is 1.26. The number of aromatic nitrogens is 1. The molecule has 74 valence electrons. The molecule has 0 aliphatic carbocycles. The molecule has 2 aromatic rings. The zero-order chi connectivity index (χ0) is 9.26. The Labute approximate surface area is 103 Å². The first-order valence-electron chi connectivity index (χ1n) is 3.85. The van der Waals surface area contributed by atoms with Crippen molar-refractivity contribution in [3.05, 3.63) is 30.5 Å². The van der Waals surface area contributed by atoms with E-state index in [9.17, 15) is 0 Å². The Kier molecular flexibility index (Phi) is 3.82. The maximum Gasteiger partial charge on any atom is 0.156 e. The van der Waals surface area contributed by atoms with E-state index in [0.717, 1.165) is 15.8 Å². The van der Waals surface area contributed by atoms with Crippen molar-refractivity contribution in [3.63, 3.8) is 0 Å². The maximum atomic E-state index is 7.17. The number of amidine groups is 1. The molecule has 0 spiro atoms. The van der Waals surface area contributed by atoms with E-state index < -0.39 is 0 Å². The van der Waals surface area contributed by atoms with Crippen LogP contribution in [0.3, 0.4) is 0 Å². The van der Waals surface area contributed by atoms with Gasteiger partial charge in [-0.2, -0.15) is 0 Å². The quantitative estimate of drug-likeness (QED) is 0.327. The molecule has 3 nitrogen and oxygen atoms in total. The predicted octanol–water partition coefficient (Wildman–Crippen LogP) is 2.77. The number of nitrogens with two attached hydrogens (primary N) is 1. The van der Waals surface area contributed by atoms with Crippen LogP contribution in [0.2, 0.25) is 0 Å². The van der Waals surface area contributed by atoms with Gasteiger partial charge in [0.05, 0.1) is 0 Å². The number of H-pyrrole nitrogens is 1. The number of fused-ring (bicyclic) bond motifs is 1. The fraction of sp³-hybridized carbons (Fsp3) is 0. The number of benzene rings is 1. The molecular formula is C9H10IN3S. The average Bonchev–Trinajstić information content (AvgIpc) is 2.48. The van der Waals surface area contributed by atoms with Gasteiger partial charge in [-0.05, 0) is 6.07 Å². The molecule has 1 heterocycles. The Morgan fingerprint density at radius 2 is 2.07 bits per heavy atom. The fourth-order valence-electron chi connectivity index (χ4n) is 1.25. The zero-order valence-corrected chi connectivity index (χ0v) is 10.4. The van der Waals surface area contributed by atoms with Crippen molar-refractivity contribution in [2.75, 3.05) is 0 Å². The molecule has 0 radical (unpaired) electrons. The summed E-state index contributed by atoms with van der Waals surface area (Å²) in [5, 5.41) is 8.40. The van der Waals surface area contributed by atoms with Crippen LogP contribution < -0.4 is 5.73 Å². The molecule has 0 fully saturated rings. The molecule has 14 heavy (non-hydrogen) atoms. The summed E-state index contributed by atoms with van der Waals surface area (Å²) in [5.74, 6) is 0. The van der Waals surface area contributed by atoms with Crippen molar-refractivity contribution < 1.29 is 0 Å². The SMILES string of the molecule is I.N=C(N)Sc1c[nH]c2ccccc12. The molecular weight excluding hydrogens is 309 g/mol. The summed E-state index contributed by atoms with van der Waals surface area (Å²) in [4.78, 5) is 4.12. The molecule has 1 aromatic carbocycles. The topological polar surface area (TPSA) is 65.7 Å². The van der Waals surface area contributed by atoms with Gasteiger partial charge in [-0.1, -0.05) is 30.0 Å². The lowest BCUT2D eigenvalue weighted by Crippen LogP contribution is -2.02. The minimum absolute atomic E-state index is 0. The van der Waals surface area contributed by atoms with Gasteiger partial charge in [0.2, 0.25) is 0 Å². The molecule has 2 rings (SSSR count). The number of thioether (sulfide) groups is 1. The van der Waals surface area contributed by atoms with E-state index in [2.05, 4.69) is 4.98 Å². The molecule has 0 saturated carbocycles. The van der Waals surface area contributed by atoms with Crippen LogP contribution >= 0.6 is 35.7 Å². The Bertz CT molecular complexity index is 452. The maximum absolute atomic E-state index is 7.17. The van der Waals surface area contributed by atoms with E-state index in [-0.39, 0.29) is 29.1 Å². The van der Waals surface area contributed by atoms with Crippen LogP contribution in [0.25, 0.3) is 10.9 Å². The number of aromatic amines is 1. The van der Waals surface area contributed by atoms with E-state index in [1.54, 1.807) is 0 Å². The first-order valence-corrected chi connectivity index (χ1v) is 4.67. The number of para-hydroxylation sites is 1. The van der Waals surface area contributed by atoms with Gasteiger partial charge in [-0.25, -0.2) is 0 Å². The molecule has 1 aromatic heterocycles. The lowest BCUT2D eigenvalue weighted by atomic mass is 10.2. The van der Waals surface area contributed by atoms with E-state index >= 15 is 0 Å². The first-order chi connectivity index (χ1) is 6.27. The monoisotopic (exact) mass is 319 g/mol. The molecule has 0 aliphatic rings. The van der Waals surface area contributed by atoms with Gasteiger partial charge >= 0.3 is 0 Å². The van der Waals surface area contributed by atoms with Crippen LogP contribution in [-0.2, 0) is 0 Å². The van der Waals surface area contributed by atoms with Gasteiger partial charge in [0.15, 0.2) is 5.17 Å². The van der Waals surface area contributed by atoms with Crippen molar-refractivity contribution >= 4 is 51.8 Å². The Morgan fingerprint density at radius 3 is 2.79 bits per heavy atom. The Morgan fingerprint density at radius 1 is 1.36 bits per heavy atom. The van der Waals surface area contributed by atoms with Crippen molar-refractivity contribution in [1.29, 1.82) is 5.41 Å². The minimum Gasteiger partial charge on any atom is -0.378 e. The zero-order valence-electron chi connectivity index (χ0n) is 7.28. The largest absolute Gasteiger partial charge is 0.378 e. The summed E-state index contributed by atoms with van der Waals surface area (Å²) < 4.78 is 0. The van der Waals surface area contributed by atoms with Crippen LogP contribution in [0.15, 0.2) is 35.4 Å². The second kappa shape index (κ2) is 4.70. The molecule has 0 atom stereocenters. The molecule has 4 N–H and O–H groups in total. The third kappa shape index (κ3) is 2.21. The van der Waals surface area contributed by atoms with Crippen LogP contribution in [-0.4, -0.2) is 10.2 Å². The Hall–Kier alpha value is -0.690. The smallest absolute Gasteiger partial charge is 0.156 e. The molecule has 5 heteroatoms. The van der Waals surface area contributed by atoms with Crippen molar-refractivity contribution in [3.8, 4) is 0 Å². The van der Waals surface area contributed by atoms with Crippen molar-refractivity contribution in [2.45, 2.75) is 4.90 Å². The third-order valence-corrected chi connectivity index (χ3v) is 2.55. The third-order valence-electron chi connectivity index (χ3n) is 1.77. The van der Waals surface area contributed by atoms with E-state index in [1.807, 2.05) is 30.5 Å². The molecule has 0 amide bonds. The first kappa shape index (κ1) is 11.4. The average molecular weight is 319 g/mol. The highest BCUT2D eigenvalue weighted by atomic mass is 127. The van der Waals surface area contributed by atoms with Gasteiger partial charge in [0.1, 0.15) is 0 Å². The summed E-state index contributed by atoms with van der Waals surface area (Å²) in [6, 6.07) is 7.96. The standard InChI is InChI=1S/C9H9N3S.HI/c10-9(11)13-8-5-12-7-4-2-1-3-6(7)8;/h1-5,12H,(H3,10,11);1H. The van der Waals surface area contributed by atoms with E-state index in [0.29, 0.717) is 0 Å². The molecule has 0 unspecified atom stereocenters. The predicted molar refractivity (Wildman–Crippen MR) is 71.5 cm³/mol. The van der Waals surface area contributed by atoms with Gasteiger partial charge in [0.25, 0.3) is 0 Å². The minimum atomic E-state index is 0. The van der Waals surface area contributed by atoms with Crippen LogP contribution in [0.1, 0.15) is 0 Å². The highest BCUT2D eigenvalue weighted by molar-refractivity contribution is 14.0. The summed E-state index contributed by atoms with van der Waals surface area (Å²) in [7, 11) is 0. The summed E-state index contributed by atoms with van der Waals surface area (Å²) in [6.07, 6.45) is 1.87. The molecule has 0 saturated heterocycles. The number of rotatable bonds is 1. The van der Waals surface area contributed by atoms with Crippen LogP contribution in [0.4, 0.5) is 0 Å². The van der Waals surface area contributed by atoms with Gasteiger partial charge in [0, 0.05) is 22.0 Å². The van der Waals surface area contributed by atoms with E-state index in [4.69, 9.17) is 11.1 Å². The van der Waals surface area contributed by atoms with E-state index in [1.165, 1.54) is 11.8 Å². The summed E-state index contributed by atoms with van der Waals surface area (Å²) in [6.45, 7) is 0. The lowest BCUT2D eigenvalue weighted by Gasteiger charge is -1.94. The van der Waals surface area contributed by atoms with Gasteiger partial charge in [-0.3, -0.25) is 5.41 Å². The van der Waals surface area contributed by atoms with Crippen LogP contribution in [0.5, 0.6) is 0 Å². The fourth-order valence-corrected chi connectivity index (χ4v) is 1.89. The number of hydrogen-bond acceptors (Lipinski definition) is 2. The molecule has 0 aliphatic heterocycles. The number of nitrogens with one attached hydrogen (secondary N) is 2. The van der Waals surface area contributed by atoms with Crippen molar-refractivity contribution in [1.82, 2.24) is 4.98 Å². The second-order valence-corrected chi connectivity index (χ2v) is 3.75. The lowest BCUT2D eigenvalue weighted by molar-refractivity contribution is 1.42. The number of hydrogen-bond donors (Lipinski definition) is 3. The number of halogens is 1. The van der Waals surface area contributed by atoms with Crippen molar-refractivity contribution in [2.24, 2.45) is 5.73 Å².